The third-order valence-electron chi connectivity index (χ3n) is 3.16. The van der Waals surface area contributed by atoms with Crippen LogP contribution in [0.5, 0.6) is 0 Å². The summed E-state index contributed by atoms with van der Waals surface area (Å²) in [5.41, 5.74) is 1.10. The minimum Gasteiger partial charge on any atom is -0.478 e. The molecule has 0 bridgehead atoms. The molecule has 2 aromatic rings. The van der Waals surface area contributed by atoms with Crippen molar-refractivity contribution >= 4 is 50.8 Å². The molecule has 0 radical (unpaired) electrons. The summed E-state index contributed by atoms with van der Waals surface area (Å²) in [7, 11) is 1.75. The zero-order chi connectivity index (χ0) is 17.0. The Balaban J connectivity index is 2.07. The van der Waals surface area contributed by atoms with Crippen molar-refractivity contribution in [1.82, 2.24) is 0 Å². The van der Waals surface area contributed by atoms with Crippen molar-refractivity contribution in [1.29, 1.82) is 0 Å². The highest BCUT2D eigenvalue weighted by molar-refractivity contribution is 9.10. The fourth-order valence-electron chi connectivity index (χ4n) is 2.00. The molecule has 0 aliphatic heterocycles. The minimum absolute atomic E-state index is 0.0511. The molecule has 2 aromatic carbocycles. The molecule has 0 heterocycles. The molecule has 120 valence electrons. The molecule has 0 spiro atoms. The van der Waals surface area contributed by atoms with Gasteiger partial charge in [-0.3, -0.25) is 4.79 Å². The number of carboxylic acid groups (broad SMARTS) is 1. The van der Waals surface area contributed by atoms with E-state index in [2.05, 4.69) is 21.2 Å². The van der Waals surface area contributed by atoms with Crippen LogP contribution in [0.3, 0.4) is 0 Å². The number of para-hydroxylation sites is 1. The predicted molar refractivity (Wildman–Crippen MR) is 94.5 cm³/mol. The summed E-state index contributed by atoms with van der Waals surface area (Å²) in [6, 6.07) is 11.6. The molecule has 2 N–H and O–H groups in total. The van der Waals surface area contributed by atoms with Crippen molar-refractivity contribution in [3.8, 4) is 0 Å². The average molecular weight is 398 g/mol. The van der Waals surface area contributed by atoms with E-state index in [0.717, 1.165) is 10.2 Å². The Morgan fingerprint density at radius 2 is 1.96 bits per heavy atom. The lowest BCUT2D eigenvalue weighted by Crippen LogP contribution is -2.30. The van der Waals surface area contributed by atoms with Crippen LogP contribution in [0, 0.1) is 0 Å². The zero-order valence-electron chi connectivity index (χ0n) is 12.2. The fraction of sp³-hybridized carbons (Fsp3) is 0.125. The maximum absolute atomic E-state index is 12.1. The van der Waals surface area contributed by atoms with Crippen LogP contribution in [0.25, 0.3) is 0 Å². The van der Waals surface area contributed by atoms with Crippen LogP contribution >= 0.6 is 27.5 Å². The van der Waals surface area contributed by atoms with Crippen LogP contribution in [0.15, 0.2) is 46.9 Å². The van der Waals surface area contributed by atoms with Gasteiger partial charge in [0.25, 0.3) is 0 Å². The van der Waals surface area contributed by atoms with Crippen LogP contribution in [0.1, 0.15) is 10.4 Å². The monoisotopic (exact) mass is 396 g/mol. The average Bonchev–Trinajstić information content (AvgIpc) is 2.50. The van der Waals surface area contributed by atoms with E-state index in [1.807, 2.05) is 6.07 Å². The summed E-state index contributed by atoms with van der Waals surface area (Å²) in [5.74, 6) is -1.41. The lowest BCUT2D eigenvalue weighted by molar-refractivity contribution is -0.114. The van der Waals surface area contributed by atoms with Gasteiger partial charge in [0.1, 0.15) is 0 Å². The topological polar surface area (TPSA) is 69.6 Å². The Labute approximate surface area is 147 Å². The summed E-state index contributed by atoms with van der Waals surface area (Å²) in [4.78, 5) is 25.0. The molecule has 5 nitrogen and oxygen atoms in total. The van der Waals surface area contributed by atoms with Gasteiger partial charge >= 0.3 is 5.97 Å². The second-order valence-corrected chi connectivity index (χ2v) is 6.11. The fourth-order valence-corrected chi connectivity index (χ4v) is 2.42. The van der Waals surface area contributed by atoms with E-state index in [1.54, 1.807) is 42.3 Å². The van der Waals surface area contributed by atoms with Gasteiger partial charge < -0.3 is 15.3 Å². The molecule has 0 atom stereocenters. The zero-order valence-corrected chi connectivity index (χ0v) is 14.6. The number of benzene rings is 2. The van der Waals surface area contributed by atoms with E-state index in [0.29, 0.717) is 5.02 Å². The first-order chi connectivity index (χ1) is 10.9. The second-order valence-electron chi connectivity index (χ2n) is 4.85. The highest BCUT2D eigenvalue weighted by Gasteiger charge is 2.13. The number of nitrogens with zero attached hydrogens (tertiary/aromatic N) is 1. The van der Waals surface area contributed by atoms with Crippen molar-refractivity contribution in [2.45, 2.75) is 0 Å². The number of carbonyl (C=O) groups is 2. The van der Waals surface area contributed by atoms with E-state index in [-0.39, 0.29) is 23.7 Å². The third kappa shape index (κ3) is 4.46. The number of amides is 1. The summed E-state index contributed by atoms with van der Waals surface area (Å²) in [6.07, 6.45) is 0. The number of carboxylic acids is 1. The number of anilines is 2. The number of halogens is 2. The number of carbonyl (C=O) groups excluding carboxylic acids is 1. The van der Waals surface area contributed by atoms with E-state index in [1.165, 1.54) is 6.07 Å². The van der Waals surface area contributed by atoms with Crippen LogP contribution < -0.4 is 10.2 Å². The lowest BCUT2D eigenvalue weighted by atomic mass is 10.2. The Morgan fingerprint density at radius 1 is 1.26 bits per heavy atom. The first kappa shape index (κ1) is 17.3. The van der Waals surface area contributed by atoms with Gasteiger partial charge in [0.05, 0.1) is 22.8 Å². The summed E-state index contributed by atoms with van der Waals surface area (Å²) in [5, 5.41) is 12.3. The predicted octanol–water partition coefficient (Wildman–Crippen LogP) is 3.88. The van der Waals surface area contributed by atoms with Crippen molar-refractivity contribution in [3.63, 3.8) is 0 Å². The highest BCUT2D eigenvalue weighted by Crippen LogP contribution is 2.27. The lowest BCUT2D eigenvalue weighted by Gasteiger charge is -2.19. The standard InChI is InChI=1S/C16H14BrClN2O3/c1-20(10-6-7-12(17)13(18)8-10)9-15(21)19-14-5-3-2-4-11(14)16(22)23/h2-8H,9H2,1H3,(H,19,21)(H,22,23). The summed E-state index contributed by atoms with van der Waals surface area (Å²) in [6.45, 7) is 0.0614. The van der Waals surface area contributed by atoms with Crippen LogP contribution in [-0.2, 0) is 4.79 Å². The highest BCUT2D eigenvalue weighted by atomic mass is 79.9. The first-order valence-electron chi connectivity index (χ1n) is 6.67. The Bertz CT molecular complexity index is 752. The number of aromatic carboxylic acids is 1. The SMILES string of the molecule is CN(CC(=O)Nc1ccccc1C(=O)O)c1ccc(Br)c(Cl)c1. The molecule has 0 fully saturated rings. The van der Waals surface area contributed by atoms with Crippen molar-refractivity contribution in [2.24, 2.45) is 0 Å². The Hall–Kier alpha value is -2.05. The van der Waals surface area contributed by atoms with Crippen molar-refractivity contribution < 1.29 is 14.7 Å². The molecule has 2 rings (SSSR count). The minimum atomic E-state index is -1.09. The largest absolute Gasteiger partial charge is 0.478 e. The van der Waals surface area contributed by atoms with Crippen LogP contribution in [-0.4, -0.2) is 30.6 Å². The van der Waals surface area contributed by atoms with Gasteiger partial charge in [-0.2, -0.15) is 0 Å². The van der Waals surface area contributed by atoms with Gasteiger partial charge in [0.2, 0.25) is 5.91 Å². The van der Waals surface area contributed by atoms with Gasteiger partial charge in [0.15, 0.2) is 0 Å². The molecular formula is C16H14BrClN2O3. The van der Waals surface area contributed by atoms with Gasteiger partial charge in [-0.25, -0.2) is 4.79 Å². The van der Waals surface area contributed by atoms with Crippen LogP contribution in [0.4, 0.5) is 11.4 Å². The summed E-state index contributed by atoms with van der Waals surface area (Å²) < 4.78 is 0.774. The van der Waals surface area contributed by atoms with Crippen molar-refractivity contribution in [2.75, 3.05) is 23.8 Å². The molecule has 0 saturated heterocycles. The quantitative estimate of drug-likeness (QED) is 0.803. The van der Waals surface area contributed by atoms with E-state index >= 15 is 0 Å². The van der Waals surface area contributed by atoms with Crippen molar-refractivity contribution in [3.05, 3.63) is 57.5 Å². The van der Waals surface area contributed by atoms with Gasteiger partial charge in [-0.05, 0) is 46.3 Å². The molecular weight excluding hydrogens is 384 g/mol. The third-order valence-corrected chi connectivity index (χ3v) is 4.39. The number of nitrogens with one attached hydrogen (secondary N) is 1. The molecule has 7 heteroatoms. The molecule has 0 aromatic heterocycles. The van der Waals surface area contributed by atoms with E-state index in [9.17, 15) is 9.59 Å². The van der Waals surface area contributed by atoms with Gasteiger partial charge in [-0.15, -0.1) is 0 Å². The van der Waals surface area contributed by atoms with Gasteiger partial charge in [-0.1, -0.05) is 23.7 Å². The molecule has 0 aliphatic carbocycles. The normalized spacial score (nSPS) is 10.2. The maximum Gasteiger partial charge on any atom is 0.337 e. The number of hydrogen-bond acceptors (Lipinski definition) is 3. The maximum atomic E-state index is 12.1. The molecule has 0 unspecified atom stereocenters. The summed E-state index contributed by atoms with van der Waals surface area (Å²) >= 11 is 9.35. The first-order valence-corrected chi connectivity index (χ1v) is 7.84. The second kappa shape index (κ2) is 7.48. The molecule has 1 amide bonds. The van der Waals surface area contributed by atoms with Crippen LogP contribution in [0.2, 0.25) is 5.02 Å². The van der Waals surface area contributed by atoms with Gasteiger partial charge in [0, 0.05) is 17.2 Å². The molecule has 0 saturated carbocycles. The molecule has 23 heavy (non-hydrogen) atoms. The number of likely N-dealkylation sites (N-methyl/N-ethyl adjacent to an activating group) is 1. The smallest absolute Gasteiger partial charge is 0.337 e. The number of hydrogen-bond donors (Lipinski definition) is 2. The Morgan fingerprint density at radius 3 is 2.61 bits per heavy atom. The Kier molecular flexibility index (Phi) is 5.63. The van der Waals surface area contributed by atoms with E-state index in [4.69, 9.17) is 16.7 Å². The van der Waals surface area contributed by atoms with E-state index < -0.39 is 5.97 Å². The molecule has 0 aliphatic rings. The number of rotatable bonds is 5.